The van der Waals surface area contributed by atoms with Gasteiger partial charge in [0.25, 0.3) is 0 Å². The SMILES string of the molecule is CC(S)C1C[C@]1(C)c1c(F)cccc1Cl. The summed E-state index contributed by atoms with van der Waals surface area (Å²) in [5.41, 5.74) is 0.543. The molecule has 1 aromatic carbocycles. The van der Waals surface area contributed by atoms with Gasteiger partial charge in [-0.1, -0.05) is 31.5 Å². The molecule has 1 aromatic rings. The van der Waals surface area contributed by atoms with Crippen molar-refractivity contribution in [3.05, 3.63) is 34.6 Å². The Kier molecular flexibility index (Phi) is 2.76. The number of hydrogen-bond donors (Lipinski definition) is 1. The minimum Gasteiger partial charge on any atom is -0.207 e. The summed E-state index contributed by atoms with van der Waals surface area (Å²) in [5.74, 6) is 0.233. The van der Waals surface area contributed by atoms with Gasteiger partial charge in [0.05, 0.1) is 0 Å². The van der Waals surface area contributed by atoms with Gasteiger partial charge >= 0.3 is 0 Å². The molecule has 0 heterocycles. The molecule has 82 valence electrons. The zero-order valence-corrected chi connectivity index (χ0v) is 10.4. The molecule has 3 atom stereocenters. The van der Waals surface area contributed by atoms with Crippen LogP contribution in [0, 0.1) is 11.7 Å². The maximum atomic E-state index is 13.7. The average molecular weight is 245 g/mol. The Labute approximate surface area is 100 Å². The second-order valence-electron chi connectivity index (χ2n) is 4.57. The third kappa shape index (κ3) is 1.78. The number of thiol groups is 1. The summed E-state index contributed by atoms with van der Waals surface area (Å²) in [4.78, 5) is 0. The summed E-state index contributed by atoms with van der Waals surface area (Å²) in [6, 6.07) is 4.88. The molecule has 0 bridgehead atoms. The van der Waals surface area contributed by atoms with E-state index in [1.54, 1.807) is 12.1 Å². The van der Waals surface area contributed by atoms with Gasteiger partial charge in [-0.05, 0) is 24.5 Å². The first-order valence-corrected chi connectivity index (χ1v) is 5.99. The van der Waals surface area contributed by atoms with Crippen molar-refractivity contribution in [3.63, 3.8) is 0 Å². The van der Waals surface area contributed by atoms with Gasteiger partial charge in [-0.25, -0.2) is 4.39 Å². The van der Waals surface area contributed by atoms with E-state index in [4.69, 9.17) is 11.6 Å². The lowest BCUT2D eigenvalue weighted by Gasteiger charge is -2.16. The summed E-state index contributed by atoms with van der Waals surface area (Å²) in [6.07, 6.45) is 0.971. The lowest BCUT2D eigenvalue weighted by molar-refractivity contribution is 0.563. The van der Waals surface area contributed by atoms with Gasteiger partial charge in [-0.15, -0.1) is 0 Å². The minimum atomic E-state index is -0.193. The molecule has 1 saturated carbocycles. The second-order valence-corrected chi connectivity index (χ2v) is 5.79. The van der Waals surface area contributed by atoms with E-state index >= 15 is 0 Å². The molecular weight excluding hydrogens is 231 g/mol. The highest BCUT2D eigenvalue weighted by Gasteiger charge is 2.54. The Bertz CT molecular complexity index is 371. The molecule has 2 unspecified atom stereocenters. The van der Waals surface area contributed by atoms with Crippen molar-refractivity contribution in [2.24, 2.45) is 5.92 Å². The first-order chi connectivity index (χ1) is 6.97. The standard InChI is InChI=1S/C12H14ClFS/c1-7(15)8-6-12(8,2)11-9(13)4-3-5-10(11)14/h3-5,7-8,15H,6H2,1-2H3/t7?,8?,12-/m0/s1. The average Bonchev–Trinajstić information content (AvgIpc) is 2.78. The lowest BCUT2D eigenvalue weighted by Crippen LogP contribution is -2.12. The lowest BCUT2D eigenvalue weighted by atomic mass is 9.94. The van der Waals surface area contributed by atoms with Crippen molar-refractivity contribution in [2.45, 2.75) is 30.9 Å². The van der Waals surface area contributed by atoms with E-state index < -0.39 is 0 Å². The number of rotatable bonds is 2. The van der Waals surface area contributed by atoms with E-state index in [0.29, 0.717) is 16.5 Å². The molecular formula is C12H14ClFS. The van der Waals surface area contributed by atoms with Gasteiger partial charge in [0.1, 0.15) is 5.82 Å². The van der Waals surface area contributed by atoms with Gasteiger partial charge < -0.3 is 0 Å². The summed E-state index contributed by atoms with van der Waals surface area (Å²) >= 11 is 10.5. The van der Waals surface area contributed by atoms with Gasteiger partial charge in [0.15, 0.2) is 0 Å². The van der Waals surface area contributed by atoms with Crippen LogP contribution in [0.5, 0.6) is 0 Å². The maximum Gasteiger partial charge on any atom is 0.128 e. The van der Waals surface area contributed by atoms with E-state index in [1.165, 1.54) is 6.07 Å². The molecule has 1 fully saturated rings. The molecule has 0 N–H and O–H groups in total. The van der Waals surface area contributed by atoms with Crippen LogP contribution < -0.4 is 0 Å². The van der Waals surface area contributed by atoms with Gasteiger partial charge in [-0.2, -0.15) is 12.6 Å². The fraction of sp³-hybridized carbons (Fsp3) is 0.500. The van der Waals surface area contributed by atoms with Crippen molar-refractivity contribution < 1.29 is 4.39 Å². The van der Waals surface area contributed by atoms with E-state index in [2.05, 4.69) is 19.6 Å². The molecule has 1 aliphatic rings. The molecule has 2 rings (SSSR count). The number of hydrogen-bond acceptors (Lipinski definition) is 1. The highest BCUT2D eigenvalue weighted by Crippen LogP contribution is 2.58. The van der Waals surface area contributed by atoms with E-state index in [-0.39, 0.29) is 16.5 Å². The van der Waals surface area contributed by atoms with Crippen LogP contribution in [0.3, 0.4) is 0 Å². The molecule has 0 radical (unpaired) electrons. The summed E-state index contributed by atoms with van der Waals surface area (Å²) in [7, 11) is 0. The van der Waals surface area contributed by atoms with Crippen molar-refractivity contribution in [1.82, 2.24) is 0 Å². The first-order valence-electron chi connectivity index (χ1n) is 5.09. The Morgan fingerprint density at radius 3 is 2.73 bits per heavy atom. The largest absolute Gasteiger partial charge is 0.207 e. The van der Waals surface area contributed by atoms with Crippen LogP contribution in [-0.4, -0.2) is 5.25 Å². The van der Waals surface area contributed by atoms with E-state index in [1.807, 2.05) is 6.92 Å². The van der Waals surface area contributed by atoms with Crippen LogP contribution in [0.4, 0.5) is 4.39 Å². The zero-order valence-electron chi connectivity index (χ0n) is 8.80. The Hall–Kier alpha value is -0.210. The predicted molar refractivity (Wildman–Crippen MR) is 65.3 cm³/mol. The monoisotopic (exact) mass is 244 g/mol. The molecule has 3 heteroatoms. The Morgan fingerprint density at radius 1 is 1.60 bits per heavy atom. The molecule has 0 aliphatic heterocycles. The summed E-state index contributed by atoms with van der Waals surface area (Å²) < 4.78 is 13.7. The van der Waals surface area contributed by atoms with Crippen LogP contribution in [0.2, 0.25) is 5.02 Å². The highest BCUT2D eigenvalue weighted by molar-refractivity contribution is 7.80. The summed E-state index contributed by atoms with van der Waals surface area (Å²) in [6.45, 7) is 4.11. The normalized spacial score (nSPS) is 31.4. The molecule has 0 saturated heterocycles. The van der Waals surface area contributed by atoms with Crippen LogP contribution in [0.15, 0.2) is 18.2 Å². The van der Waals surface area contributed by atoms with Crippen LogP contribution in [0.25, 0.3) is 0 Å². The van der Waals surface area contributed by atoms with Crippen molar-refractivity contribution >= 4 is 24.2 Å². The van der Waals surface area contributed by atoms with E-state index in [0.717, 1.165) is 6.42 Å². The predicted octanol–water partition coefficient (Wildman–Crippen LogP) is 4.08. The Morgan fingerprint density at radius 2 is 2.27 bits per heavy atom. The molecule has 0 amide bonds. The van der Waals surface area contributed by atoms with Crippen LogP contribution in [-0.2, 0) is 5.41 Å². The number of halogens is 2. The second kappa shape index (κ2) is 3.67. The maximum absolute atomic E-state index is 13.7. The minimum absolute atomic E-state index is 0.121. The Balaban J connectivity index is 2.40. The zero-order chi connectivity index (χ0) is 11.2. The smallest absolute Gasteiger partial charge is 0.128 e. The topological polar surface area (TPSA) is 0 Å². The van der Waals surface area contributed by atoms with E-state index in [9.17, 15) is 4.39 Å². The summed E-state index contributed by atoms with van der Waals surface area (Å²) in [5, 5.41) is 0.819. The quantitative estimate of drug-likeness (QED) is 0.745. The van der Waals surface area contributed by atoms with Crippen molar-refractivity contribution in [3.8, 4) is 0 Å². The third-order valence-corrected chi connectivity index (χ3v) is 4.09. The first kappa shape index (κ1) is 11.3. The molecule has 0 spiro atoms. The van der Waals surface area contributed by atoms with Crippen LogP contribution in [0.1, 0.15) is 25.8 Å². The molecule has 15 heavy (non-hydrogen) atoms. The highest BCUT2D eigenvalue weighted by atomic mass is 35.5. The van der Waals surface area contributed by atoms with Gasteiger partial charge in [0.2, 0.25) is 0 Å². The van der Waals surface area contributed by atoms with Crippen molar-refractivity contribution in [2.75, 3.05) is 0 Å². The van der Waals surface area contributed by atoms with Crippen LogP contribution >= 0.6 is 24.2 Å². The molecule has 1 aliphatic carbocycles. The van der Waals surface area contributed by atoms with Gasteiger partial charge in [-0.3, -0.25) is 0 Å². The van der Waals surface area contributed by atoms with Crippen molar-refractivity contribution in [1.29, 1.82) is 0 Å². The number of benzene rings is 1. The molecule has 0 aromatic heterocycles. The third-order valence-electron chi connectivity index (χ3n) is 3.42. The van der Waals surface area contributed by atoms with Gasteiger partial charge in [0, 0.05) is 21.3 Å². The fourth-order valence-electron chi connectivity index (χ4n) is 2.43. The molecule has 0 nitrogen and oxygen atoms in total. The fourth-order valence-corrected chi connectivity index (χ4v) is 3.24.